The first-order valence-corrected chi connectivity index (χ1v) is 10.6. The third-order valence-corrected chi connectivity index (χ3v) is 5.52. The van der Waals surface area contributed by atoms with Crippen LogP contribution in [-0.4, -0.2) is 70.8 Å². The van der Waals surface area contributed by atoms with Gasteiger partial charge in [0.05, 0.1) is 5.75 Å². The molecular weight excluding hydrogens is 388 g/mol. The number of amides is 3. The summed E-state index contributed by atoms with van der Waals surface area (Å²) in [5.74, 6) is 0.997. The number of carbonyl (C=O) groups is 2. The molecule has 0 aromatic carbocycles. The molecule has 3 amide bonds. The Hall–Kier alpha value is -1.74. The van der Waals surface area contributed by atoms with E-state index in [2.05, 4.69) is 25.5 Å². The van der Waals surface area contributed by atoms with Crippen molar-refractivity contribution in [1.29, 1.82) is 0 Å². The van der Waals surface area contributed by atoms with Gasteiger partial charge in [-0.3, -0.25) is 4.79 Å². The highest BCUT2D eigenvalue weighted by Crippen LogP contribution is 2.24. The molecule has 2 heterocycles. The lowest BCUT2D eigenvalue weighted by Crippen LogP contribution is -2.56. The van der Waals surface area contributed by atoms with Gasteiger partial charge in [-0.2, -0.15) is 0 Å². The van der Waals surface area contributed by atoms with Crippen LogP contribution in [0.1, 0.15) is 26.7 Å². The summed E-state index contributed by atoms with van der Waals surface area (Å²) >= 11 is 7.45. The molecule has 1 atom stereocenters. The normalized spacial score (nSPS) is 19.7. The predicted molar refractivity (Wildman–Crippen MR) is 106 cm³/mol. The second-order valence-corrected chi connectivity index (χ2v) is 8.12. The zero-order valence-electron chi connectivity index (χ0n) is 15.6. The molecule has 2 aliphatic rings. The van der Waals surface area contributed by atoms with Crippen molar-refractivity contribution in [2.24, 2.45) is 0 Å². The number of carbonyl (C=O) groups excluding carboxylic acids is 2. The highest BCUT2D eigenvalue weighted by Gasteiger charge is 2.28. The van der Waals surface area contributed by atoms with Gasteiger partial charge < -0.3 is 20.4 Å². The molecular formula is C17H25ClN6O2S. The SMILES string of the molecule is CCNC(=O)N1CCN(c2cc(Cl)nc(SCC(=O)NC3CC3)n2)C[C@@H]1C. The number of piperazine rings is 1. The van der Waals surface area contributed by atoms with Gasteiger partial charge in [-0.1, -0.05) is 23.4 Å². The highest BCUT2D eigenvalue weighted by atomic mass is 35.5. The van der Waals surface area contributed by atoms with Gasteiger partial charge >= 0.3 is 6.03 Å². The molecule has 27 heavy (non-hydrogen) atoms. The zero-order valence-corrected chi connectivity index (χ0v) is 17.1. The third-order valence-electron chi connectivity index (χ3n) is 4.48. The fourth-order valence-electron chi connectivity index (χ4n) is 2.96. The summed E-state index contributed by atoms with van der Waals surface area (Å²) in [7, 11) is 0. The number of urea groups is 1. The number of aromatic nitrogens is 2. The zero-order chi connectivity index (χ0) is 19.4. The Morgan fingerprint density at radius 2 is 2.11 bits per heavy atom. The van der Waals surface area contributed by atoms with Crippen LogP contribution >= 0.6 is 23.4 Å². The molecule has 1 aliphatic heterocycles. The van der Waals surface area contributed by atoms with Crippen molar-refractivity contribution in [2.45, 2.75) is 43.9 Å². The van der Waals surface area contributed by atoms with E-state index in [9.17, 15) is 9.59 Å². The van der Waals surface area contributed by atoms with Gasteiger partial charge in [-0.25, -0.2) is 14.8 Å². The summed E-state index contributed by atoms with van der Waals surface area (Å²) in [6.07, 6.45) is 2.13. The van der Waals surface area contributed by atoms with Gasteiger partial charge in [0, 0.05) is 44.3 Å². The van der Waals surface area contributed by atoms with E-state index in [1.807, 2.05) is 18.7 Å². The van der Waals surface area contributed by atoms with E-state index in [1.165, 1.54) is 11.8 Å². The number of thioether (sulfide) groups is 1. The molecule has 1 aliphatic carbocycles. The standard InChI is InChI=1S/C17H25ClN6O2S/c1-3-19-17(26)24-7-6-23(9-11(24)2)14-8-13(18)21-16(22-14)27-10-15(25)20-12-4-5-12/h8,11-12H,3-7,9-10H2,1-2H3,(H,19,26)(H,20,25)/t11-/m0/s1. The number of halogens is 1. The number of hydrogen-bond donors (Lipinski definition) is 2. The van der Waals surface area contributed by atoms with Crippen LogP contribution in [0.4, 0.5) is 10.6 Å². The van der Waals surface area contributed by atoms with Crippen molar-refractivity contribution in [2.75, 3.05) is 36.8 Å². The van der Waals surface area contributed by atoms with E-state index >= 15 is 0 Å². The van der Waals surface area contributed by atoms with Crippen molar-refractivity contribution in [3.8, 4) is 0 Å². The number of nitrogens with one attached hydrogen (secondary N) is 2. The Bertz CT molecular complexity index is 702. The minimum absolute atomic E-state index is 0.00296. The number of nitrogens with zero attached hydrogens (tertiary/aromatic N) is 4. The summed E-state index contributed by atoms with van der Waals surface area (Å²) in [4.78, 5) is 36.7. The van der Waals surface area contributed by atoms with Crippen LogP contribution in [0.25, 0.3) is 0 Å². The second kappa shape index (κ2) is 8.97. The summed E-state index contributed by atoms with van der Waals surface area (Å²) in [5.41, 5.74) is 0. The van der Waals surface area contributed by atoms with E-state index in [4.69, 9.17) is 11.6 Å². The molecule has 0 spiro atoms. The largest absolute Gasteiger partial charge is 0.353 e. The number of rotatable bonds is 6. The lowest BCUT2D eigenvalue weighted by Gasteiger charge is -2.40. The molecule has 0 unspecified atom stereocenters. The minimum Gasteiger partial charge on any atom is -0.353 e. The Morgan fingerprint density at radius 1 is 1.33 bits per heavy atom. The first-order valence-electron chi connectivity index (χ1n) is 9.22. The van der Waals surface area contributed by atoms with Gasteiger partial charge in [0.15, 0.2) is 5.16 Å². The molecule has 3 rings (SSSR count). The van der Waals surface area contributed by atoms with Crippen molar-refractivity contribution in [3.05, 3.63) is 11.2 Å². The van der Waals surface area contributed by atoms with Crippen LogP contribution in [0.15, 0.2) is 11.2 Å². The summed E-state index contributed by atoms with van der Waals surface area (Å²) in [6, 6.07) is 2.09. The average molecular weight is 413 g/mol. The summed E-state index contributed by atoms with van der Waals surface area (Å²) < 4.78 is 0. The van der Waals surface area contributed by atoms with Gasteiger partial charge in [-0.15, -0.1) is 0 Å². The topological polar surface area (TPSA) is 90.5 Å². The molecule has 1 saturated heterocycles. The quantitative estimate of drug-likeness (QED) is 0.420. The first kappa shape index (κ1) is 20.0. The predicted octanol–water partition coefficient (Wildman–Crippen LogP) is 1.74. The van der Waals surface area contributed by atoms with Crippen LogP contribution in [0.3, 0.4) is 0 Å². The molecule has 8 nitrogen and oxygen atoms in total. The van der Waals surface area contributed by atoms with Gasteiger partial charge in [0.2, 0.25) is 5.91 Å². The molecule has 1 saturated carbocycles. The average Bonchev–Trinajstić information content (AvgIpc) is 3.43. The smallest absolute Gasteiger partial charge is 0.317 e. The lowest BCUT2D eigenvalue weighted by atomic mass is 10.2. The van der Waals surface area contributed by atoms with E-state index < -0.39 is 0 Å². The molecule has 10 heteroatoms. The molecule has 2 N–H and O–H groups in total. The fourth-order valence-corrected chi connectivity index (χ4v) is 3.85. The van der Waals surface area contributed by atoms with E-state index in [1.54, 1.807) is 6.07 Å². The first-order chi connectivity index (χ1) is 13.0. The minimum atomic E-state index is -0.0386. The maximum absolute atomic E-state index is 12.1. The molecule has 0 radical (unpaired) electrons. The Morgan fingerprint density at radius 3 is 2.78 bits per heavy atom. The van der Waals surface area contributed by atoms with E-state index in [-0.39, 0.29) is 23.7 Å². The van der Waals surface area contributed by atoms with E-state index in [0.29, 0.717) is 42.5 Å². The van der Waals surface area contributed by atoms with Gasteiger partial charge in [0.1, 0.15) is 11.0 Å². The van der Waals surface area contributed by atoms with Crippen LogP contribution in [0.2, 0.25) is 5.15 Å². The third kappa shape index (κ3) is 5.62. The molecule has 148 valence electrons. The maximum Gasteiger partial charge on any atom is 0.317 e. The van der Waals surface area contributed by atoms with Gasteiger partial charge in [0.25, 0.3) is 0 Å². The molecule has 1 aromatic heterocycles. The van der Waals surface area contributed by atoms with Crippen LogP contribution < -0.4 is 15.5 Å². The van der Waals surface area contributed by atoms with E-state index in [0.717, 1.165) is 18.7 Å². The van der Waals surface area contributed by atoms with Crippen molar-refractivity contribution < 1.29 is 9.59 Å². The van der Waals surface area contributed by atoms with Crippen LogP contribution in [0, 0.1) is 0 Å². The molecule has 1 aromatic rings. The molecule has 2 fully saturated rings. The highest BCUT2D eigenvalue weighted by molar-refractivity contribution is 7.99. The fraction of sp³-hybridized carbons (Fsp3) is 0.647. The molecule has 0 bridgehead atoms. The van der Waals surface area contributed by atoms with Crippen molar-refractivity contribution >= 4 is 41.1 Å². The monoisotopic (exact) mass is 412 g/mol. The van der Waals surface area contributed by atoms with Gasteiger partial charge in [-0.05, 0) is 26.7 Å². The Balaban J connectivity index is 1.60. The van der Waals surface area contributed by atoms with Crippen molar-refractivity contribution in [3.63, 3.8) is 0 Å². The lowest BCUT2D eigenvalue weighted by molar-refractivity contribution is -0.118. The van der Waals surface area contributed by atoms with Crippen LogP contribution in [-0.2, 0) is 4.79 Å². The Labute approximate surface area is 168 Å². The Kier molecular flexibility index (Phi) is 6.64. The van der Waals surface area contributed by atoms with Crippen LogP contribution in [0.5, 0.6) is 0 Å². The number of anilines is 1. The van der Waals surface area contributed by atoms with Crippen molar-refractivity contribution in [1.82, 2.24) is 25.5 Å². The summed E-state index contributed by atoms with van der Waals surface area (Å²) in [6.45, 7) is 6.48. The summed E-state index contributed by atoms with van der Waals surface area (Å²) in [5, 5.41) is 6.63. The number of hydrogen-bond acceptors (Lipinski definition) is 6. The maximum atomic E-state index is 12.1. The second-order valence-electron chi connectivity index (χ2n) is 6.79.